The predicted octanol–water partition coefficient (Wildman–Crippen LogP) is 3.09. The van der Waals surface area contributed by atoms with E-state index in [0.717, 1.165) is 5.56 Å². The molecular weight excluding hydrogens is 414 g/mol. The lowest BCUT2D eigenvalue weighted by Gasteiger charge is -2.17. The summed E-state index contributed by atoms with van der Waals surface area (Å²) < 4.78 is 5.02. The van der Waals surface area contributed by atoms with Gasteiger partial charge in [-0.15, -0.1) is 0 Å². The van der Waals surface area contributed by atoms with Crippen LogP contribution in [0.1, 0.15) is 12.0 Å². The number of non-ortho nitro benzene ring substituents is 1. The number of nitrogens with zero attached hydrogens (tertiary/aromatic N) is 2. The number of nitro benzene ring substituents is 1. The zero-order valence-corrected chi connectivity index (χ0v) is 16.7. The molecule has 0 aromatic heterocycles. The summed E-state index contributed by atoms with van der Waals surface area (Å²) in [4.78, 5) is 48.2. The number of rotatable bonds is 6. The van der Waals surface area contributed by atoms with Crippen LogP contribution in [0, 0.1) is 23.0 Å². The Hall–Kier alpha value is -3.46. The molecule has 1 fully saturated rings. The molecule has 1 aliphatic heterocycles. The average Bonchev–Trinajstić information content (AvgIpc) is 3.10. The van der Waals surface area contributed by atoms with E-state index in [1.54, 1.807) is 18.2 Å². The summed E-state index contributed by atoms with van der Waals surface area (Å²) in [6, 6.07) is 10.6. The van der Waals surface area contributed by atoms with Crippen molar-refractivity contribution in [2.75, 3.05) is 23.4 Å². The molecule has 30 heavy (non-hydrogen) atoms. The highest BCUT2D eigenvalue weighted by atomic mass is 35.5. The molecule has 1 atom stereocenters. The van der Waals surface area contributed by atoms with Crippen molar-refractivity contribution in [1.82, 2.24) is 0 Å². The fourth-order valence-corrected chi connectivity index (χ4v) is 3.19. The smallest absolute Gasteiger partial charge is 0.311 e. The monoisotopic (exact) mass is 431 g/mol. The van der Waals surface area contributed by atoms with Crippen molar-refractivity contribution in [3.63, 3.8) is 0 Å². The minimum absolute atomic E-state index is 0.0309. The van der Waals surface area contributed by atoms with Gasteiger partial charge in [0.25, 0.3) is 11.6 Å². The van der Waals surface area contributed by atoms with Gasteiger partial charge in [0.15, 0.2) is 6.61 Å². The zero-order valence-electron chi connectivity index (χ0n) is 16.0. The van der Waals surface area contributed by atoms with Crippen LogP contribution in [0.2, 0.25) is 5.02 Å². The third kappa shape index (κ3) is 4.93. The Balaban J connectivity index is 1.54. The molecule has 9 nitrogen and oxygen atoms in total. The maximum atomic E-state index is 12.3. The maximum absolute atomic E-state index is 12.3. The van der Waals surface area contributed by atoms with E-state index in [1.807, 2.05) is 6.92 Å². The quantitative estimate of drug-likeness (QED) is 0.426. The normalized spacial score (nSPS) is 15.7. The molecule has 3 rings (SSSR count). The fraction of sp³-hybridized carbons (Fsp3) is 0.250. The number of aryl methyl sites for hydroxylation is 1. The van der Waals surface area contributed by atoms with Gasteiger partial charge < -0.3 is 15.0 Å². The average molecular weight is 432 g/mol. The second-order valence-corrected chi connectivity index (χ2v) is 7.21. The molecule has 0 saturated carbocycles. The number of carbonyl (C=O) groups excluding carboxylic acids is 3. The molecule has 0 bridgehead atoms. The van der Waals surface area contributed by atoms with Gasteiger partial charge in [-0.05, 0) is 30.7 Å². The van der Waals surface area contributed by atoms with Gasteiger partial charge in [0, 0.05) is 41.5 Å². The van der Waals surface area contributed by atoms with Crippen LogP contribution in [0.15, 0.2) is 42.5 Å². The number of ether oxygens (including phenoxy) is 1. The van der Waals surface area contributed by atoms with Gasteiger partial charge in [0.05, 0.1) is 10.8 Å². The van der Waals surface area contributed by atoms with Gasteiger partial charge in [0.2, 0.25) is 5.91 Å². The number of hydrogen-bond acceptors (Lipinski definition) is 6. The molecule has 0 spiro atoms. The first-order valence-corrected chi connectivity index (χ1v) is 9.40. The van der Waals surface area contributed by atoms with Crippen LogP contribution in [0.25, 0.3) is 0 Å². The number of esters is 1. The standard InChI is InChI=1S/C20H18ClN3O6/c1-12-5-6-15(9-17(12)21)23-10-13(7-19(23)26)20(27)30-11-18(25)22-14-3-2-4-16(8-14)24(28)29/h2-6,8-9,13H,7,10-11H2,1H3,(H,22,25)/t13-/m1/s1. The summed E-state index contributed by atoms with van der Waals surface area (Å²) in [5, 5.41) is 13.7. The summed E-state index contributed by atoms with van der Waals surface area (Å²) in [5.74, 6) is -2.25. The van der Waals surface area contributed by atoms with Crippen LogP contribution < -0.4 is 10.2 Å². The third-order valence-electron chi connectivity index (χ3n) is 4.61. The second-order valence-electron chi connectivity index (χ2n) is 6.80. The highest BCUT2D eigenvalue weighted by molar-refractivity contribution is 6.31. The molecule has 1 heterocycles. The Morgan fingerprint density at radius 1 is 1.30 bits per heavy atom. The SMILES string of the molecule is Cc1ccc(N2C[C@H](C(=O)OCC(=O)Nc3cccc([N+](=O)[O-])c3)CC2=O)cc1Cl. The zero-order chi connectivity index (χ0) is 21.8. The van der Waals surface area contributed by atoms with E-state index >= 15 is 0 Å². The Morgan fingerprint density at radius 3 is 2.77 bits per heavy atom. The minimum Gasteiger partial charge on any atom is -0.455 e. The van der Waals surface area contributed by atoms with Gasteiger partial charge in [-0.3, -0.25) is 24.5 Å². The predicted molar refractivity (Wildman–Crippen MR) is 109 cm³/mol. The van der Waals surface area contributed by atoms with Crippen molar-refractivity contribution in [3.8, 4) is 0 Å². The van der Waals surface area contributed by atoms with Crippen LogP contribution in [0.3, 0.4) is 0 Å². The van der Waals surface area contributed by atoms with Gasteiger partial charge >= 0.3 is 5.97 Å². The van der Waals surface area contributed by atoms with E-state index in [4.69, 9.17) is 16.3 Å². The molecule has 2 aromatic rings. The van der Waals surface area contributed by atoms with E-state index in [9.17, 15) is 24.5 Å². The first-order valence-electron chi connectivity index (χ1n) is 9.02. The van der Waals surface area contributed by atoms with Crippen LogP contribution >= 0.6 is 11.6 Å². The number of benzene rings is 2. The minimum atomic E-state index is -0.705. The van der Waals surface area contributed by atoms with E-state index in [0.29, 0.717) is 10.7 Å². The van der Waals surface area contributed by atoms with Gasteiger partial charge in [-0.2, -0.15) is 0 Å². The van der Waals surface area contributed by atoms with Gasteiger partial charge in [0.1, 0.15) is 0 Å². The fourth-order valence-electron chi connectivity index (χ4n) is 3.01. The second kappa shape index (κ2) is 8.91. The molecular formula is C20H18ClN3O6. The molecule has 2 aromatic carbocycles. The third-order valence-corrected chi connectivity index (χ3v) is 5.02. The number of anilines is 2. The number of carbonyl (C=O) groups is 3. The number of halogens is 1. The van der Waals surface area contributed by atoms with E-state index in [-0.39, 0.29) is 30.2 Å². The van der Waals surface area contributed by atoms with Crippen molar-refractivity contribution in [3.05, 3.63) is 63.2 Å². The Labute approximate surface area is 176 Å². The number of hydrogen-bond donors (Lipinski definition) is 1. The number of nitrogens with one attached hydrogen (secondary N) is 1. The lowest BCUT2D eigenvalue weighted by Crippen LogP contribution is -2.28. The molecule has 156 valence electrons. The Morgan fingerprint density at radius 2 is 2.07 bits per heavy atom. The lowest BCUT2D eigenvalue weighted by atomic mass is 10.1. The molecule has 0 aliphatic carbocycles. The van der Waals surface area contributed by atoms with Crippen molar-refractivity contribution in [1.29, 1.82) is 0 Å². The summed E-state index contributed by atoms with van der Waals surface area (Å²) >= 11 is 6.11. The van der Waals surface area contributed by atoms with Crippen LogP contribution in [-0.2, 0) is 19.1 Å². The van der Waals surface area contributed by atoms with Crippen molar-refractivity contribution < 1.29 is 24.0 Å². The summed E-state index contributed by atoms with van der Waals surface area (Å²) in [6.07, 6.45) is -0.0309. The molecule has 1 aliphatic rings. The largest absolute Gasteiger partial charge is 0.455 e. The number of amides is 2. The Bertz CT molecular complexity index is 1030. The van der Waals surface area contributed by atoms with Gasteiger partial charge in [-0.1, -0.05) is 23.7 Å². The van der Waals surface area contributed by atoms with Crippen LogP contribution in [0.5, 0.6) is 0 Å². The molecule has 10 heteroatoms. The van der Waals surface area contributed by atoms with E-state index in [2.05, 4.69) is 5.32 Å². The number of nitro groups is 1. The highest BCUT2D eigenvalue weighted by Gasteiger charge is 2.36. The molecule has 2 amide bonds. The van der Waals surface area contributed by atoms with E-state index in [1.165, 1.54) is 29.2 Å². The first-order chi connectivity index (χ1) is 14.2. The molecule has 1 saturated heterocycles. The lowest BCUT2D eigenvalue weighted by molar-refractivity contribution is -0.384. The maximum Gasteiger partial charge on any atom is 0.311 e. The highest BCUT2D eigenvalue weighted by Crippen LogP contribution is 2.29. The van der Waals surface area contributed by atoms with Crippen LogP contribution in [-0.4, -0.2) is 35.9 Å². The summed E-state index contributed by atoms with van der Waals surface area (Å²) in [6.45, 7) is 1.41. The van der Waals surface area contributed by atoms with Crippen molar-refractivity contribution in [2.24, 2.45) is 5.92 Å². The summed E-state index contributed by atoms with van der Waals surface area (Å²) in [5.41, 5.74) is 1.50. The van der Waals surface area contributed by atoms with Crippen molar-refractivity contribution in [2.45, 2.75) is 13.3 Å². The molecule has 1 N–H and O–H groups in total. The van der Waals surface area contributed by atoms with E-state index < -0.39 is 29.3 Å². The summed E-state index contributed by atoms with van der Waals surface area (Å²) in [7, 11) is 0. The Kier molecular flexibility index (Phi) is 6.31. The molecule has 0 unspecified atom stereocenters. The first kappa shape index (κ1) is 21.3. The van der Waals surface area contributed by atoms with Crippen LogP contribution in [0.4, 0.5) is 17.1 Å². The molecule has 0 radical (unpaired) electrons. The topological polar surface area (TPSA) is 119 Å². The van der Waals surface area contributed by atoms with Crippen molar-refractivity contribution >= 4 is 46.4 Å². The van der Waals surface area contributed by atoms with Gasteiger partial charge in [-0.25, -0.2) is 0 Å².